The molecule has 0 bridgehead atoms. The zero-order chi connectivity index (χ0) is 14.6. The Balaban J connectivity index is 3.00. The van der Waals surface area contributed by atoms with E-state index in [9.17, 15) is 18.5 Å². The van der Waals surface area contributed by atoms with Gasteiger partial charge in [-0.1, -0.05) is 18.5 Å². The molecule has 0 radical (unpaired) electrons. The van der Waals surface area contributed by atoms with Crippen molar-refractivity contribution in [2.75, 3.05) is 12.0 Å². The van der Waals surface area contributed by atoms with Gasteiger partial charge in [0.05, 0.1) is 4.92 Å². The fourth-order valence-electron chi connectivity index (χ4n) is 1.31. The minimum atomic E-state index is -3.76. The van der Waals surface area contributed by atoms with Gasteiger partial charge in [-0.3, -0.25) is 10.1 Å². The highest BCUT2D eigenvalue weighted by atomic mass is 35.5. The number of thiophene rings is 1. The molecule has 0 aromatic carbocycles. The number of thioether (sulfide) groups is 1. The molecule has 0 aliphatic carbocycles. The van der Waals surface area contributed by atoms with Crippen molar-refractivity contribution in [3.05, 3.63) is 20.5 Å². The monoisotopic (exact) mass is 344 g/mol. The minimum Gasteiger partial charge on any atom is -0.258 e. The van der Waals surface area contributed by atoms with Crippen molar-refractivity contribution in [3.63, 3.8) is 0 Å². The van der Waals surface area contributed by atoms with Crippen molar-refractivity contribution in [2.24, 2.45) is 0 Å². The molecule has 0 saturated carbocycles. The fraction of sp³-hybridized carbons (Fsp3) is 0.556. The summed E-state index contributed by atoms with van der Waals surface area (Å²) in [5.74, 6) is 0.636. The average molecular weight is 345 g/mol. The molecule has 0 spiro atoms. The molecule has 10 heteroatoms. The zero-order valence-corrected chi connectivity index (χ0v) is 13.5. The number of rotatable bonds is 7. The number of nitro groups is 1. The van der Waals surface area contributed by atoms with E-state index >= 15 is 0 Å². The van der Waals surface area contributed by atoms with Crippen LogP contribution < -0.4 is 4.72 Å². The van der Waals surface area contributed by atoms with Gasteiger partial charge >= 0.3 is 0 Å². The highest BCUT2D eigenvalue weighted by molar-refractivity contribution is 7.98. The van der Waals surface area contributed by atoms with E-state index in [1.165, 1.54) is 11.8 Å². The van der Waals surface area contributed by atoms with Crippen molar-refractivity contribution in [1.82, 2.24) is 4.72 Å². The molecular weight excluding hydrogens is 332 g/mol. The summed E-state index contributed by atoms with van der Waals surface area (Å²) in [4.78, 5) is 9.95. The maximum atomic E-state index is 12.1. The molecule has 1 unspecified atom stereocenters. The largest absolute Gasteiger partial charge is 0.300 e. The highest BCUT2D eigenvalue weighted by Crippen LogP contribution is 2.36. The van der Waals surface area contributed by atoms with E-state index in [-0.39, 0.29) is 20.3 Å². The number of sulfonamides is 1. The second-order valence-corrected chi connectivity index (χ2v) is 8.17. The van der Waals surface area contributed by atoms with Crippen molar-refractivity contribution < 1.29 is 13.3 Å². The molecular formula is C9H13ClN2O4S3. The number of hydrogen-bond acceptors (Lipinski definition) is 6. The summed E-state index contributed by atoms with van der Waals surface area (Å²) in [6.45, 7) is 1.87. The number of hydrogen-bond donors (Lipinski definition) is 1. The molecule has 1 rings (SSSR count). The van der Waals surface area contributed by atoms with E-state index in [0.29, 0.717) is 23.5 Å². The van der Waals surface area contributed by atoms with E-state index in [2.05, 4.69) is 4.72 Å². The maximum Gasteiger partial charge on any atom is 0.300 e. The minimum absolute atomic E-state index is 0.135. The van der Waals surface area contributed by atoms with E-state index < -0.39 is 14.9 Å². The zero-order valence-electron chi connectivity index (χ0n) is 10.3. The van der Waals surface area contributed by atoms with Gasteiger partial charge in [-0.2, -0.15) is 11.8 Å². The lowest BCUT2D eigenvalue weighted by atomic mass is 10.3. The van der Waals surface area contributed by atoms with Crippen LogP contribution in [0.2, 0.25) is 4.34 Å². The molecule has 108 valence electrons. The maximum absolute atomic E-state index is 12.1. The van der Waals surface area contributed by atoms with Crippen LogP contribution in [0.5, 0.6) is 0 Å². The third kappa shape index (κ3) is 4.32. The van der Waals surface area contributed by atoms with Crippen LogP contribution in [0, 0.1) is 10.1 Å². The molecule has 0 aliphatic heterocycles. The predicted octanol–water partition coefficient (Wildman–Crippen LogP) is 2.73. The number of nitrogens with zero attached hydrogens (tertiary/aromatic N) is 1. The van der Waals surface area contributed by atoms with E-state index in [4.69, 9.17) is 11.6 Å². The van der Waals surface area contributed by atoms with Gasteiger partial charge in [-0.05, 0) is 12.7 Å². The van der Waals surface area contributed by atoms with Gasteiger partial charge in [0.15, 0.2) is 4.34 Å². The Labute approximate surface area is 124 Å². The van der Waals surface area contributed by atoms with Crippen LogP contribution >= 0.6 is 34.7 Å². The molecule has 1 heterocycles. The quantitative estimate of drug-likeness (QED) is 0.606. The second kappa shape index (κ2) is 6.89. The molecule has 0 saturated heterocycles. The third-order valence-corrected chi connectivity index (χ3v) is 6.36. The Kier molecular flexibility index (Phi) is 6.06. The van der Waals surface area contributed by atoms with Gasteiger partial charge in [0.1, 0.15) is 4.21 Å². The molecule has 0 aliphatic rings. The Morgan fingerprint density at radius 3 is 2.68 bits per heavy atom. The first-order valence-electron chi connectivity index (χ1n) is 5.26. The Morgan fingerprint density at radius 1 is 1.63 bits per heavy atom. The van der Waals surface area contributed by atoms with Crippen LogP contribution in [0.25, 0.3) is 0 Å². The van der Waals surface area contributed by atoms with Gasteiger partial charge in [0, 0.05) is 17.9 Å². The summed E-state index contributed by atoms with van der Waals surface area (Å²) < 4.78 is 26.4. The van der Waals surface area contributed by atoms with Gasteiger partial charge < -0.3 is 0 Å². The lowest BCUT2D eigenvalue weighted by Gasteiger charge is -2.14. The smallest absolute Gasteiger partial charge is 0.258 e. The van der Waals surface area contributed by atoms with Crippen LogP contribution in [-0.2, 0) is 10.0 Å². The molecule has 19 heavy (non-hydrogen) atoms. The number of halogens is 1. The summed E-state index contributed by atoms with van der Waals surface area (Å²) in [6, 6.07) is 0.779. The van der Waals surface area contributed by atoms with Crippen molar-refractivity contribution >= 4 is 50.4 Å². The molecule has 1 N–H and O–H groups in total. The van der Waals surface area contributed by atoms with E-state index in [1.807, 2.05) is 13.2 Å². The lowest BCUT2D eigenvalue weighted by Crippen LogP contribution is -2.35. The van der Waals surface area contributed by atoms with Crippen LogP contribution in [0.4, 0.5) is 5.69 Å². The average Bonchev–Trinajstić information content (AvgIpc) is 2.71. The van der Waals surface area contributed by atoms with Crippen LogP contribution in [0.1, 0.15) is 13.3 Å². The summed E-state index contributed by atoms with van der Waals surface area (Å²) in [6.07, 6.45) is 2.52. The first kappa shape index (κ1) is 16.7. The molecule has 1 aromatic heterocycles. The molecule has 6 nitrogen and oxygen atoms in total. The van der Waals surface area contributed by atoms with Crippen LogP contribution in [0.15, 0.2) is 10.3 Å². The fourth-order valence-corrected chi connectivity index (χ4v) is 5.14. The third-order valence-electron chi connectivity index (χ3n) is 2.29. The normalized spacial score (nSPS) is 13.4. The molecule has 0 amide bonds. The Bertz CT molecular complexity index is 558. The van der Waals surface area contributed by atoms with Gasteiger partial charge in [-0.25, -0.2) is 13.1 Å². The van der Waals surface area contributed by atoms with Crippen molar-refractivity contribution in [1.29, 1.82) is 0 Å². The summed E-state index contributed by atoms with van der Waals surface area (Å²) in [5, 5.41) is 10.7. The van der Waals surface area contributed by atoms with E-state index in [0.717, 1.165) is 6.07 Å². The summed E-state index contributed by atoms with van der Waals surface area (Å²) in [7, 11) is -3.76. The SMILES string of the molecule is CCC(CSC)NS(=O)(=O)c1cc([N+](=O)[O-])c(Cl)s1. The van der Waals surface area contributed by atoms with Gasteiger partial charge in [0.25, 0.3) is 15.7 Å². The highest BCUT2D eigenvalue weighted by Gasteiger charge is 2.26. The predicted molar refractivity (Wildman–Crippen MR) is 78.8 cm³/mol. The lowest BCUT2D eigenvalue weighted by molar-refractivity contribution is -0.384. The van der Waals surface area contributed by atoms with Crippen LogP contribution in [-0.4, -0.2) is 31.4 Å². The standard InChI is InChI=1S/C9H13ClN2O4S3/c1-3-6(5-17-2)11-19(15,16)8-4-7(12(13)14)9(10)18-8/h4,6,11H,3,5H2,1-2H3. The van der Waals surface area contributed by atoms with Crippen molar-refractivity contribution in [2.45, 2.75) is 23.6 Å². The topological polar surface area (TPSA) is 89.3 Å². The summed E-state index contributed by atoms with van der Waals surface area (Å²) >= 11 is 7.87. The Morgan fingerprint density at radius 2 is 2.26 bits per heavy atom. The molecule has 1 atom stereocenters. The van der Waals surface area contributed by atoms with Crippen LogP contribution in [0.3, 0.4) is 0 Å². The molecule has 0 fully saturated rings. The summed E-state index contributed by atoms with van der Waals surface area (Å²) in [5.41, 5.74) is -0.384. The van der Waals surface area contributed by atoms with Crippen molar-refractivity contribution in [3.8, 4) is 0 Å². The number of nitrogens with one attached hydrogen (secondary N) is 1. The van der Waals surface area contributed by atoms with Gasteiger partial charge in [0.2, 0.25) is 0 Å². The molecule has 1 aromatic rings. The van der Waals surface area contributed by atoms with Gasteiger partial charge in [-0.15, -0.1) is 11.3 Å². The van der Waals surface area contributed by atoms with E-state index in [1.54, 1.807) is 0 Å². The first-order chi connectivity index (χ1) is 8.81. The first-order valence-corrected chi connectivity index (χ1v) is 9.34. The second-order valence-electron chi connectivity index (χ2n) is 3.66. The Hall–Kier alpha value is -0.350.